The molecule has 0 amide bonds. The maximum absolute atomic E-state index is 10.1. The quantitative estimate of drug-likeness (QED) is 0.172. The molecule has 36 heavy (non-hydrogen) atoms. The number of fused-ring (bicyclic) bond motifs is 3. The van der Waals surface area contributed by atoms with Crippen molar-refractivity contribution in [2.45, 2.75) is 147 Å². The molecule has 7 atom stereocenters. The molecule has 0 radical (unpaired) electrons. The van der Waals surface area contributed by atoms with Crippen molar-refractivity contribution in [2.75, 3.05) is 6.61 Å². The van der Waals surface area contributed by atoms with E-state index < -0.39 is 17.4 Å². The molecule has 4 rings (SSSR count). The van der Waals surface area contributed by atoms with Crippen molar-refractivity contribution in [1.82, 2.24) is 0 Å². The van der Waals surface area contributed by atoms with Crippen molar-refractivity contribution in [3.8, 4) is 0 Å². The van der Waals surface area contributed by atoms with E-state index in [4.69, 9.17) is 13.6 Å². The van der Waals surface area contributed by atoms with E-state index in [2.05, 4.69) is 66.0 Å². The fourth-order valence-electron chi connectivity index (χ4n) is 7.57. The second-order valence-corrected chi connectivity index (χ2v) is 21.5. The summed E-state index contributed by atoms with van der Waals surface area (Å²) < 4.78 is 20.3. The maximum Gasteiger partial charge on any atom is 0.192 e. The highest BCUT2D eigenvalue weighted by Gasteiger charge is 2.71. The van der Waals surface area contributed by atoms with Gasteiger partial charge in [0, 0.05) is 5.92 Å². The molecule has 4 aliphatic rings. The summed E-state index contributed by atoms with van der Waals surface area (Å²) in [6.07, 6.45) is 18.0. The predicted octanol–water partition coefficient (Wildman–Crippen LogP) is 7.23. The summed E-state index contributed by atoms with van der Waals surface area (Å²) in [6.45, 7) is 19.0. The van der Waals surface area contributed by atoms with Crippen molar-refractivity contribution >= 4 is 17.4 Å². The minimum absolute atomic E-state index is 0.108. The first-order chi connectivity index (χ1) is 16.9. The normalized spacial score (nSPS) is 36.9. The van der Waals surface area contributed by atoms with Crippen LogP contribution in [0.15, 0.2) is 12.2 Å². The molecule has 1 aliphatic heterocycles. The number of hydrogen-bond acceptors (Lipinski definition) is 4. The Kier molecular flexibility index (Phi) is 8.77. The van der Waals surface area contributed by atoms with E-state index >= 15 is 0 Å². The third kappa shape index (κ3) is 5.65. The van der Waals surface area contributed by atoms with Gasteiger partial charge in [0.25, 0.3) is 0 Å². The van der Waals surface area contributed by atoms with E-state index in [0.29, 0.717) is 23.7 Å². The lowest BCUT2D eigenvalue weighted by Crippen LogP contribution is -2.45. The Hall–Kier alpha value is 0.0138. The molecule has 4 fully saturated rings. The van der Waals surface area contributed by atoms with Gasteiger partial charge in [-0.3, -0.25) is 0 Å². The topological polar surface area (TPSA) is 51.2 Å². The molecule has 0 spiro atoms. The van der Waals surface area contributed by atoms with Crippen LogP contribution in [-0.4, -0.2) is 52.5 Å². The highest BCUT2D eigenvalue weighted by atomic mass is 28.4. The van der Waals surface area contributed by atoms with Crippen LogP contribution in [-0.2, 0) is 13.6 Å². The summed E-state index contributed by atoms with van der Waals surface area (Å²) in [5, 5.41) is 10.3. The Morgan fingerprint density at radius 3 is 2.39 bits per heavy atom. The summed E-state index contributed by atoms with van der Waals surface area (Å²) in [6, 6.07) is 0. The lowest BCUT2D eigenvalue weighted by molar-refractivity contribution is 0.0230. The van der Waals surface area contributed by atoms with Crippen molar-refractivity contribution in [1.29, 1.82) is 0 Å². The molecule has 1 N–H and O–H groups in total. The van der Waals surface area contributed by atoms with Crippen LogP contribution in [0.25, 0.3) is 0 Å². The predicted molar refractivity (Wildman–Crippen MR) is 154 cm³/mol. The number of rotatable bonds is 11. The summed E-state index contributed by atoms with van der Waals surface area (Å²) in [5.74, 6) is 2.10. The third-order valence-electron chi connectivity index (χ3n) is 10.6. The van der Waals surface area contributed by atoms with Crippen LogP contribution in [0.5, 0.6) is 0 Å². The van der Waals surface area contributed by atoms with E-state index in [1.807, 2.05) is 0 Å². The Bertz CT molecular complexity index is 771. The largest absolute Gasteiger partial charge is 0.413 e. The van der Waals surface area contributed by atoms with Gasteiger partial charge in [0.2, 0.25) is 0 Å². The van der Waals surface area contributed by atoms with Crippen molar-refractivity contribution < 1.29 is 18.7 Å². The highest BCUT2D eigenvalue weighted by molar-refractivity contribution is 6.74. The van der Waals surface area contributed by atoms with Crippen LogP contribution < -0.4 is 0 Å². The number of aliphatic hydroxyl groups excluding tert-OH is 1. The smallest absolute Gasteiger partial charge is 0.192 e. The lowest BCUT2D eigenvalue weighted by Gasteiger charge is -2.43. The molecule has 4 nitrogen and oxygen atoms in total. The monoisotopic (exact) mass is 536 g/mol. The Balaban J connectivity index is 1.65. The number of epoxide rings is 1. The Morgan fingerprint density at radius 1 is 1.11 bits per heavy atom. The van der Waals surface area contributed by atoms with Crippen LogP contribution in [0.1, 0.15) is 91.9 Å². The second-order valence-electron chi connectivity index (χ2n) is 14.4. The fraction of sp³-hybridized carbons (Fsp3) is 0.933. The van der Waals surface area contributed by atoms with E-state index in [-0.39, 0.29) is 35.1 Å². The standard InChI is InChI=1S/C30H56O4Si2/c1-9-10-17-29(34-35(5)6,22-14-12-11-13-15-22)18-16-23-25-20-30(21-31)27(32-30)24(25)19-26(23)33-36(7,8)28(2,3)4/h16,18,22-27,31,35H,9-15,17,19-21H2,1-8H3/b18-16+/t23-,24-,25+,26+,27?,29+,30?/m0/s1. The molecule has 3 saturated carbocycles. The van der Waals surface area contributed by atoms with Gasteiger partial charge >= 0.3 is 0 Å². The third-order valence-corrected chi connectivity index (χ3v) is 16.0. The molecule has 1 heterocycles. The van der Waals surface area contributed by atoms with Crippen LogP contribution in [0.3, 0.4) is 0 Å². The van der Waals surface area contributed by atoms with Crippen LogP contribution in [0.2, 0.25) is 31.2 Å². The molecule has 0 bridgehead atoms. The van der Waals surface area contributed by atoms with Crippen LogP contribution >= 0.6 is 0 Å². The molecule has 3 aliphatic carbocycles. The molecular weight excluding hydrogens is 480 g/mol. The SMILES string of the molecule is CCCC[C@](/C=C/[C@H]1[C@H]2CC3(CO)OC3[C@H]2C[C@H]1O[Si](C)(C)C(C)(C)C)(O[SiH](C)C)C1CCCCC1. The fourth-order valence-corrected chi connectivity index (χ4v) is 10.2. The number of hydrogen-bond donors (Lipinski definition) is 1. The van der Waals surface area contributed by atoms with Crippen molar-refractivity contribution in [3.05, 3.63) is 12.2 Å². The van der Waals surface area contributed by atoms with Crippen molar-refractivity contribution in [2.24, 2.45) is 23.7 Å². The van der Waals surface area contributed by atoms with Gasteiger partial charge in [0.05, 0.1) is 24.4 Å². The van der Waals surface area contributed by atoms with Crippen LogP contribution in [0.4, 0.5) is 0 Å². The lowest BCUT2D eigenvalue weighted by atomic mass is 9.73. The van der Waals surface area contributed by atoms with Crippen molar-refractivity contribution in [3.63, 3.8) is 0 Å². The van der Waals surface area contributed by atoms with Gasteiger partial charge < -0.3 is 18.7 Å². The molecule has 208 valence electrons. The maximum atomic E-state index is 10.1. The molecule has 2 unspecified atom stereocenters. The van der Waals surface area contributed by atoms with Gasteiger partial charge in [-0.15, -0.1) is 0 Å². The highest BCUT2D eigenvalue weighted by Crippen LogP contribution is 2.63. The van der Waals surface area contributed by atoms with E-state index in [1.54, 1.807) is 0 Å². The zero-order valence-electron chi connectivity index (χ0n) is 24.6. The molecule has 1 saturated heterocycles. The van der Waals surface area contributed by atoms with Gasteiger partial charge in [-0.1, -0.05) is 72.0 Å². The first kappa shape index (κ1) is 29.0. The molecule has 0 aromatic rings. The molecule has 0 aromatic heterocycles. The average molecular weight is 537 g/mol. The van der Waals surface area contributed by atoms with E-state index in [9.17, 15) is 5.11 Å². The number of aliphatic hydroxyl groups is 1. The van der Waals surface area contributed by atoms with E-state index in [0.717, 1.165) is 19.3 Å². The minimum Gasteiger partial charge on any atom is -0.413 e. The Morgan fingerprint density at radius 2 is 1.81 bits per heavy atom. The number of ether oxygens (including phenoxy) is 1. The second kappa shape index (κ2) is 10.9. The zero-order valence-corrected chi connectivity index (χ0v) is 26.8. The molecular formula is C30H56O4Si2. The summed E-state index contributed by atoms with van der Waals surface area (Å²) in [4.78, 5) is 0. The average Bonchev–Trinajstić information content (AvgIpc) is 3.31. The number of unbranched alkanes of at least 4 members (excludes halogenated alkanes) is 1. The molecule has 0 aromatic carbocycles. The first-order valence-electron chi connectivity index (χ1n) is 15.2. The van der Waals surface area contributed by atoms with Gasteiger partial charge in [-0.2, -0.15) is 0 Å². The first-order valence-corrected chi connectivity index (χ1v) is 20.9. The van der Waals surface area contributed by atoms with Gasteiger partial charge in [0.1, 0.15) is 5.60 Å². The Labute approximate surface area is 224 Å². The van der Waals surface area contributed by atoms with Gasteiger partial charge in [-0.05, 0) is 81.1 Å². The summed E-state index contributed by atoms with van der Waals surface area (Å²) in [5.41, 5.74) is -0.365. The molecule has 6 heteroatoms. The zero-order chi connectivity index (χ0) is 26.4. The van der Waals surface area contributed by atoms with Gasteiger partial charge in [0.15, 0.2) is 17.4 Å². The summed E-state index contributed by atoms with van der Waals surface area (Å²) in [7, 11) is -3.12. The van der Waals surface area contributed by atoms with E-state index in [1.165, 1.54) is 44.9 Å². The summed E-state index contributed by atoms with van der Waals surface area (Å²) >= 11 is 0. The van der Waals surface area contributed by atoms with Crippen LogP contribution in [0, 0.1) is 23.7 Å². The minimum atomic E-state index is -1.90. The van der Waals surface area contributed by atoms with Gasteiger partial charge in [-0.25, -0.2) is 0 Å².